The van der Waals surface area contributed by atoms with Gasteiger partial charge in [0.25, 0.3) is 11.1 Å². The van der Waals surface area contributed by atoms with Crippen LogP contribution in [0.15, 0.2) is 48.4 Å². The minimum atomic E-state index is -1.14. The normalized spacial score (nSPS) is 12.0. The Bertz CT molecular complexity index is 1610. The number of hydrogen-bond acceptors (Lipinski definition) is 7. The molecule has 2 heterocycles. The second-order valence-corrected chi connectivity index (χ2v) is 8.59. The van der Waals surface area contributed by atoms with Gasteiger partial charge in [0.1, 0.15) is 17.4 Å². The number of nitrogens with one attached hydrogen (secondary N) is 1. The van der Waals surface area contributed by atoms with Crippen LogP contribution in [0.2, 0.25) is 0 Å². The fourth-order valence-electron chi connectivity index (χ4n) is 4.07. The Hall–Kier alpha value is -4.68. The van der Waals surface area contributed by atoms with Gasteiger partial charge in [-0.25, -0.2) is 14.6 Å². The summed E-state index contributed by atoms with van der Waals surface area (Å²) in [6.07, 6.45) is 1.76. The van der Waals surface area contributed by atoms with Crippen molar-refractivity contribution in [1.82, 2.24) is 23.2 Å². The number of hydrogen-bond donors (Lipinski definition) is 1. The van der Waals surface area contributed by atoms with Crippen molar-refractivity contribution in [2.24, 2.45) is 33.2 Å². The van der Waals surface area contributed by atoms with E-state index in [9.17, 15) is 24.0 Å². The van der Waals surface area contributed by atoms with Crippen LogP contribution in [0.1, 0.15) is 22.6 Å². The predicted octanol–water partition coefficient (Wildman–Crippen LogP) is -0.540. The Kier molecular flexibility index (Phi) is 7.65. The van der Waals surface area contributed by atoms with Crippen LogP contribution in [-0.4, -0.2) is 57.1 Å². The minimum absolute atomic E-state index is 0.00225. The number of aliphatic imine (C=N–C) groups is 1. The van der Waals surface area contributed by atoms with Gasteiger partial charge < -0.3 is 15.0 Å². The van der Waals surface area contributed by atoms with Gasteiger partial charge in [0, 0.05) is 42.3 Å². The maximum Gasteiger partial charge on any atom is 0.332 e. The summed E-state index contributed by atoms with van der Waals surface area (Å²) in [5.41, 5.74) is -2.31. The van der Waals surface area contributed by atoms with Gasteiger partial charge in [-0.2, -0.15) is 0 Å². The molecule has 1 atom stereocenters. The molecule has 13 nitrogen and oxygen atoms in total. The second-order valence-electron chi connectivity index (χ2n) is 8.59. The zero-order valence-corrected chi connectivity index (χ0v) is 21.7. The van der Waals surface area contributed by atoms with Gasteiger partial charge in [0.2, 0.25) is 6.41 Å². The van der Waals surface area contributed by atoms with E-state index in [-0.39, 0.29) is 22.8 Å². The number of aromatic nitrogens is 4. The molecule has 1 unspecified atom stereocenters. The molecular weight excluding hydrogens is 482 g/mol. The fraction of sp³-hybridized carbons (Fsp3) is 0.333. The number of carbonyl (C=O) groups is 1. The van der Waals surface area contributed by atoms with Crippen molar-refractivity contribution >= 4 is 24.4 Å². The number of nitrogens with zero attached hydrogens (tertiary/aromatic N) is 6. The first-order chi connectivity index (χ1) is 17.5. The minimum Gasteiger partial charge on any atom is -0.497 e. The third-order valence-electron chi connectivity index (χ3n) is 6.00. The Morgan fingerprint density at radius 2 is 1.41 bits per heavy atom. The quantitative estimate of drug-likeness (QED) is 0.243. The summed E-state index contributed by atoms with van der Waals surface area (Å²) >= 11 is 0. The Labute approximate surface area is 211 Å². The van der Waals surface area contributed by atoms with Crippen molar-refractivity contribution in [3.8, 4) is 5.75 Å². The van der Waals surface area contributed by atoms with E-state index in [4.69, 9.17) is 4.74 Å². The van der Waals surface area contributed by atoms with E-state index in [1.807, 2.05) is 0 Å². The summed E-state index contributed by atoms with van der Waals surface area (Å²) in [4.78, 5) is 70.4. The van der Waals surface area contributed by atoms with E-state index in [2.05, 4.69) is 10.3 Å². The molecule has 0 aliphatic heterocycles. The average molecular weight is 512 g/mol. The van der Waals surface area contributed by atoms with E-state index in [0.717, 1.165) is 13.7 Å². The van der Waals surface area contributed by atoms with Gasteiger partial charge in [0.15, 0.2) is 0 Å². The topological polar surface area (TPSA) is 142 Å². The van der Waals surface area contributed by atoms with E-state index < -0.39 is 28.4 Å². The highest BCUT2D eigenvalue weighted by Crippen LogP contribution is 2.36. The lowest BCUT2D eigenvalue weighted by atomic mass is 9.86. The van der Waals surface area contributed by atoms with E-state index >= 15 is 0 Å². The number of carbonyl (C=O) groups excluding carboxylic acids is 1. The van der Waals surface area contributed by atoms with Gasteiger partial charge in [-0.15, -0.1) is 0 Å². The van der Waals surface area contributed by atoms with Crippen LogP contribution in [-0.2, 0) is 33.0 Å². The molecule has 1 amide bonds. The molecule has 37 heavy (non-hydrogen) atoms. The van der Waals surface area contributed by atoms with Crippen LogP contribution in [0.5, 0.6) is 5.75 Å². The number of ether oxygens (including phenoxy) is 1. The van der Waals surface area contributed by atoms with Crippen LogP contribution < -0.4 is 32.6 Å². The van der Waals surface area contributed by atoms with Crippen LogP contribution in [0.25, 0.3) is 0 Å². The molecular formula is C24H29N7O6. The largest absolute Gasteiger partial charge is 0.497 e. The van der Waals surface area contributed by atoms with Crippen LogP contribution >= 0.6 is 0 Å². The van der Waals surface area contributed by atoms with Crippen LogP contribution in [0.3, 0.4) is 0 Å². The molecule has 1 N–H and O–H groups in total. The molecule has 3 aromatic rings. The third kappa shape index (κ3) is 4.75. The summed E-state index contributed by atoms with van der Waals surface area (Å²) in [5.74, 6) is -0.696. The molecule has 0 fully saturated rings. The van der Waals surface area contributed by atoms with Crippen molar-refractivity contribution in [3.63, 3.8) is 0 Å². The average Bonchev–Trinajstić information content (AvgIpc) is 2.89. The van der Waals surface area contributed by atoms with Crippen molar-refractivity contribution in [1.29, 1.82) is 0 Å². The van der Waals surface area contributed by atoms with E-state index in [0.29, 0.717) is 17.7 Å². The summed E-state index contributed by atoms with van der Waals surface area (Å²) in [5, 5.41) is 2.45. The smallest absolute Gasteiger partial charge is 0.332 e. The van der Waals surface area contributed by atoms with Crippen LogP contribution in [0.4, 0.5) is 11.6 Å². The van der Waals surface area contributed by atoms with Crippen molar-refractivity contribution in [3.05, 3.63) is 82.6 Å². The predicted molar refractivity (Wildman–Crippen MR) is 139 cm³/mol. The molecule has 13 heteroatoms. The number of amides is 1. The molecule has 0 spiro atoms. The molecule has 0 saturated heterocycles. The maximum atomic E-state index is 13.7. The third-order valence-corrected chi connectivity index (χ3v) is 6.00. The number of methoxy groups -OCH3 is 1. The standard InChI is InChI=1S/C24H29N7O6/c1-27(2)12-25-19-17(21(33)30(5)23(35)28(19)3)16(14-8-10-15(37-7)11-9-14)18-20(26-13-32)29(4)24(36)31(6)22(18)34/h8-13,16H,1-7H3,(H,26,32)/b25-12+. The molecule has 0 aliphatic carbocycles. The number of anilines is 1. The van der Waals surface area contributed by atoms with Crippen molar-refractivity contribution in [2.75, 3.05) is 26.5 Å². The van der Waals surface area contributed by atoms with Gasteiger partial charge in [-0.05, 0) is 17.7 Å². The Morgan fingerprint density at radius 1 is 0.865 bits per heavy atom. The maximum absolute atomic E-state index is 13.7. The zero-order valence-electron chi connectivity index (χ0n) is 21.7. The van der Waals surface area contributed by atoms with Gasteiger partial charge in [-0.3, -0.25) is 32.7 Å². The summed E-state index contributed by atoms with van der Waals surface area (Å²) in [6, 6.07) is 6.61. The monoisotopic (exact) mass is 511 g/mol. The van der Waals surface area contributed by atoms with Crippen molar-refractivity contribution < 1.29 is 9.53 Å². The molecule has 0 aliphatic rings. The van der Waals surface area contributed by atoms with Crippen molar-refractivity contribution in [2.45, 2.75) is 5.92 Å². The lowest BCUT2D eigenvalue weighted by molar-refractivity contribution is -0.105. The van der Waals surface area contributed by atoms with Gasteiger partial charge in [0.05, 0.1) is 30.5 Å². The number of rotatable bonds is 8. The Balaban J connectivity index is 2.63. The summed E-state index contributed by atoms with van der Waals surface area (Å²) < 4.78 is 9.37. The SMILES string of the molecule is COc1ccc(C(c2c(/N=C/N(C)C)n(C)c(=O)n(C)c2=O)c2c(NC=O)n(C)c(=O)n(C)c2=O)cc1. The van der Waals surface area contributed by atoms with E-state index in [1.165, 1.54) is 46.2 Å². The molecule has 0 radical (unpaired) electrons. The fourth-order valence-corrected chi connectivity index (χ4v) is 4.07. The highest BCUT2D eigenvalue weighted by atomic mass is 16.5. The molecule has 0 bridgehead atoms. The summed E-state index contributed by atoms with van der Waals surface area (Å²) in [6.45, 7) is 0. The molecule has 0 saturated carbocycles. The highest BCUT2D eigenvalue weighted by Gasteiger charge is 2.33. The zero-order chi connectivity index (χ0) is 27.6. The van der Waals surface area contributed by atoms with Gasteiger partial charge in [-0.1, -0.05) is 12.1 Å². The Morgan fingerprint density at radius 3 is 1.92 bits per heavy atom. The number of benzene rings is 1. The first-order valence-electron chi connectivity index (χ1n) is 11.1. The summed E-state index contributed by atoms with van der Waals surface area (Å²) in [7, 11) is 10.4. The second kappa shape index (κ2) is 10.5. The highest BCUT2D eigenvalue weighted by molar-refractivity contribution is 5.73. The first kappa shape index (κ1) is 26.9. The van der Waals surface area contributed by atoms with E-state index in [1.54, 1.807) is 43.3 Å². The molecule has 196 valence electrons. The lowest BCUT2D eigenvalue weighted by Crippen LogP contribution is -2.44. The van der Waals surface area contributed by atoms with Gasteiger partial charge >= 0.3 is 11.4 Å². The first-order valence-corrected chi connectivity index (χ1v) is 11.1. The molecule has 3 rings (SSSR count). The lowest BCUT2D eigenvalue weighted by Gasteiger charge is -2.24. The molecule has 2 aromatic heterocycles. The van der Waals surface area contributed by atoms with Crippen LogP contribution in [0, 0.1) is 0 Å². The molecule has 1 aromatic carbocycles.